The van der Waals surface area contributed by atoms with Crippen LogP contribution in [0.3, 0.4) is 0 Å². The smallest absolute Gasteiger partial charge is 0.355 e. The second-order valence-corrected chi connectivity index (χ2v) is 5.40. The normalized spacial score (nSPS) is 13.4. The first-order valence-corrected chi connectivity index (χ1v) is 6.70. The van der Waals surface area contributed by atoms with Crippen molar-refractivity contribution in [2.24, 2.45) is 12.2 Å². The van der Waals surface area contributed by atoms with E-state index in [0.717, 1.165) is 0 Å². The fourth-order valence-corrected chi connectivity index (χ4v) is 1.80. The largest absolute Gasteiger partial charge is 0.458 e. The van der Waals surface area contributed by atoms with Gasteiger partial charge in [-0.05, 0) is 19.4 Å². The monoisotopic (exact) mass is 260 g/mol. The number of nitrogens with zero attached hydrogens (tertiary/aromatic N) is 1. The van der Waals surface area contributed by atoms with Gasteiger partial charge in [-0.2, -0.15) is 0 Å². The molecule has 0 spiro atoms. The van der Waals surface area contributed by atoms with Gasteiger partial charge in [0, 0.05) is 13.2 Å². The van der Waals surface area contributed by atoms with Crippen molar-refractivity contribution in [2.45, 2.75) is 31.3 Å². The van der Waals surface area contributed by atoms with E-state index >= 15 is 0 Å². The molecule has 1 rings (SSSR count). The molecule has 17 heavy (non-hydrogen) atoms. The first-order valence-electron chi connectivity index (χ1n) is 5.15. The van der Waals surface area contributed by atoms with Gasteiger partial charge in [0.15, 0.2) is 0 Å². The lowest BCUT2D eigenvalue weighted by Crippen LogP contribution is -2.16. The SMILES string of the molecule is CCC(C)OC(=O)c1cc(S(N)(=O)=O)cn1C. The van der Waals surface area contributed by atoms with Gasteiger partial charge in [0.1, 0.15) is 10.6 Å². The minimum atomic E-state index is -3.80. The van der Waals surface area contributed by atoms with Gasteiger partial charge in [0.25, 0.3) is 0 Å². The number of hydrogen-bond acceptors (Lipinski definition) is 4. The van der Waals surface area contributed by atoms with Crippen LogP contribution in [0.2, 0.25) is 0 Å². The van der Waals surface area contributed by atoms with Crippen LogP contribution in [0.15, 0.2) is 17.2 Å². The lowest BCUT2D eigenvalue weighted by atomic mass is 10.3. The molecule has 1 unspecified atom stereocenters. The highest BCUT2D eigenvalue weighted by Crippen LogP contribution is 2.13. The zero-order valence-electron chi connectivity index (χ0n) is 10.0. The van der Waals surface area contributed by atoms with Crippen LogP contribution in [0.1, 0.15) is 30.8 Å². The summed E-state index contributed by atoms with van der Waals surface area (Å²) in [4.78, 5) is 11.6. The predicted molar refractivity (Wildman–Crippen MR) is 62.0 cm³/mol. The summed E-state index contributed by atoms with van der Waals surface area (Å²) in [5.74, 6) is -0.559. The van der Waals surface area contributed by atoms with E-state index in [4.69, 9.17) is 9.88 Å². The molecule has 0 aliphatic carbocycles. The molecule has 0 fully saturated rings. The average Bonchev–Trinajstić information content (AvgIpc) is 2.59. The molecule has 0 aliphatic heterocycles. The van der Waals surface area contributed by atoms with Crippen molar-refractivity contribution in [1.29, 1.82) is 0 Å². The third-order valence-electron chi connectivity index (χ3n) is 2.40. The van der Waals surface area contributed by atoms with Crippen LogP contribution >= 0.6 is 0 Å². The summed E-state index contributed by atoms with van der Waals surface area (Å²) in [5, 5.41) is 4.97. The van der Waals surface area contributed by atoms with E-state index in [1.54, 1.807) is 14.0 Å². The first-order chi connectivity index (χ1) is 7.75. The van der Waals surface area contributed by atoms with Gasteiger partial charge in [-0.25, -0.2) is 18.4 Å². The number of sulfonamides is 1. The molecule has 1 aromatic heterocycles. The Morgan fingerprint density at radius 1 is 1.59 bits per heavy atom. The van der Waals surface area contributed by atoms with Crippen molar-refractivity contribution in [3.63, 3.8) is 0 Å². The molecule has 1 aromatic rings. The van der Waals surface area contributed by atoms with Gasteiger partial charge < -0.3 is 9.30 Å². The van der Waals surface area contributed by atoms with Crippen molar-refractivity contribution in [2.75, 3.05) is 0 Å². The topological polar surface area (TPSA) is 91.4 Å². The number of ether oxygens (including phenoxy) is 1. The Morgan fingerprint density at radius 3 is 2.59 bits per heavy atom. The van der Waals surface area contributed by atoms with Crippen LogP contribution in [0.5, 0.6) is 0 Å². The van der Waals surface area contributed by atoms with Crippen LogP contribution in [0, 0.1) is 0 Å². The number of carbonyl (C=O) groups excluding carboxylic acids is 1. The predicted octanol–water partition coefficient (Wildman–Crippen LogP) is 0.628. The second-order valence-electron chi connectivity index (χ2n) is 3.84. The molecule has 1 heterocycles. The minimum absolute atomic E-state index is 0.101. The van der Waals surface area contributed by atoms with Crippen molar-refractivity contribution in [3.05, 3.63) is 18.0 Å². The van der Waals surface area contributed by atoms with Gasteiger partial charge in [0.2, 0.25) is 10.0 Å². The first kappa shape index (κ1) is 13.7. The quantitative estimate of drug-likeness (QED) is 0.804. The van der Waals surface area contributed by atoms with E-state index in [-0.39, 0.29) is 16.7 Å². The van der Waals surface area contributed by atoms with Gasteiger partial charge in [-0.3, -0.25) is 0 Å². The standard InChI is InChI=1S/C10H16N2O4S/c1-4-7(2)16-10(13)9-5-8(6-12(9)3)17(11,14)15/h5-7H,4H2,1-3H3,(H2,11,14,15). The lowest BCUT2D eigenvalue weighted by molar-refractivity contribution is 0.0323. The van der Waals surface area contributed by atoms with Gasteiger partial charge in [-0.15, -0.1) is 0 Å². The molecular weight excluding hydrogens is 244 g/mol. The summed E-state index contributed by atoms with van der Waals surface area (Å²) in [6.07, 6.45) is 1.76. The van der Waals surface area contributed by atoms with E-state index in [1.807, 2.05) is 6.92 Å². The molecule has 0 bridgehead atoms. The molecule has 2 N–H and O–H groups in total. The Hall–Kier alpha value is -1.34. The summed E-state index contributed by atoms with van der Waals surface area (Å²) in [6.45, 7) is 3.65. The number of carbonyl (C=O) groups is 1. The fraction of sp³-hybridized carbons (Fsp3) is 0.500. The molecule has 0 saturated heterocycles. The Kier molecular flexibility index (Phi) is 3.94. The lowest BCUT2D eigenvalue weighted by Gasteiger charge is -2.10. The highest BCUT2D eigenvalue weighted by Gasteiger charge is 2.19. The summed E-state index contributed by atoms with van der Waals surface area (Å²) in [7, 11) is -2.24. The minimum Gasteiger partial charge on any atom is -0.458 e. The highest BCUT2D eigenvalue weighted by molar-refractivity contribution is 7.89. The molecule has 0 amide bonds. The van der Waals surface area contributed by atoms with E-state index < -0.39 is 16.0 Å². The summed E-state index contributed by atoms with van der Waals surface area (Å²) >= 11 is 0. The molecule has 96 valence electrons. The third kappa shape index (κ3) is 3.31. The fourth-order valence-electron chi connectivity index (χ4n) is 1.22. The maximum Gasteiger partial charge on any atom is 0.355 e. The Balaban J connectivity index is 3.00. The molecule has 7 heteroatoms. The third-order valence-corrected chi connectivity index (χ3v) is 3.28. The van der Waals surface area contributed by atoms with Gasteiger partial charge in [-0.1, -0.05) is 6.92 Å². The molecular formula is C10H16N2O4S. The zero-order chi connectivity index (χ0) is 13.2. The number of hydrogen-bond donors (Lipinski definition) is 1. The van der Waals surface area contributed by atoms with Gasteiger partial charge >= 0.3 is 5.97 Å². The van der Waals surface area contributed by atoms with E-state index in [0.29, 0.717) is 6.42 Å². The second kappa shape index (κ2) is 4.89. The van der Waals surface area contributed by atoms with Crippen molar-refractivity contribution >= 4 is 16.0 Å². The average molecular weight is 260 g/mol. The van der Waals surface area contributed by atoms with Crippen LogP contribution in [-0.4, -0.2) is 25.1 Å². The Labute approximate surface area is 100 Å². The number of esters is 1. The maximum absolute atomic E-state index is 11.7. The number of primary sulfonamides is 1. The molecule has 0 saturated carbocycles. The molecule has 0 radical (unpaired) electrons. The molecule has 6 nitrogen and oxygen atoms in total. The van der Waals surface area contributed by atoms with Crippen LogP contribution < -0.4 is 5.14 Å². The van der Waals surface area contributed by atoms with E-state index in [2.05, 4.69) is 0 Å². The maximum atomic E-state index is 11.7. The highest BCUT2D eigenvalue weighted by atomic mass is 32.2. The Morgan fingerprint density at radius 2 is 2.18 bits per heavy atom. The Bertz CT molecular complexity index is 518. The van der Waals surface area contributed by atoms with Crippen LogP contribution in [0.25, 0.3) is 0 Å². The number of nitrogens with two attached hydrogens (primary N) is 1. The molecule has 0 aliphatic rings. The summed E-state index contributed by atoms with van der Waals surface area (Å²) in [6, 6.07) is 1.21. The van der Waals surface area contributed by atoms with Crippen LogP contribution in [-0.2, 0) is 21.8 Å². The zero-order valence-corrected chi connectivity index (χ0v) is 10.8. The van der Waals surface area contributed by atoms with Crippen LogP contribution in [0.4, 0.5) is 0 Å². The summed E-state index contributed by atoms with van der Waals surface area (Å²) < 4.78 is 28.7. The number of rotatable bonds is 4. The van der Waals surface area contributed by atoms with Crippen molar-refractivity contribution in [3.8, 4) is 0 Å². The van der Waals surface area contributed by atoms with Crippen molar-refractivity contribution < 1.29 is 17.9 Å². The van der Waals surface area contributed by atoms with Gasteiger partial charge in [0.05, 0.1) is 6.10 Å². The van der Waals surface area contributed by atoms with E-state index in [1.165, 1.54) is 16.8 Å². The molecule has 0 aromatic carbocycles. The number of aromatic nitrogens is 1. The number of aryl methyl sites for hydroxylation is 1. The van der Waals surface area contributed by atoms with E-state index in [9.17, 15) is 13.2 Å². The van der Waals surface area contributed by atoms with Crippen molar-refractivity contribution in [1.82, 2.24) is 4.57 Å². The summed E-state index contributed by atoms with van der Waals surface area (Å²) in [5.41, 5.74) is 0.161. The molecule has 1 atom stereocenters.